The number of ether oxygens (including phenoxy) is 1. The van der Waals surface area contributed by atoms with Gasteiger partial charge in [-0.15, -0.1) is 6.42 Å². The van der Waals surface area contributed by atoms with Crippen molar-refractivity contribution in [3.8, 4) is 47.8 Å². The minimum absolute atomic E-state index is 0.261. The van der Waals surface area contributed by atoms with E-state index in [1.165, 1.54) is 12.4 Å². The van der Waals surface area contributed by atoms with Crippen LogP contribution in [-0.2, 0) is 11.3 Å². The Labute approximate surface area is 173 Å². The van der Waals surface area contributed by atoms with Gasteiger partial charge in [0.2, 0.25) is 5.75 Å². The fourth-order valence-electron chi connectivity index (χ4n) is 2.48. The number of aliphatic hydroxyl groups excluding tert-OH is 1. The van der Waals surface area contributed by atoms with Crippen molar-refractivity contribution in [1.29, 1.82) is 0 Å². The number of benzene rings is 2. The molecule has 1 unspecified atom stereocenters. The van der Waals surface area contributed by atoms with Crippen molar-refractivity contribution >= 4 is 5.97 Å². The first-order chi connectivity index (χ1) is 14.6. The number of hydrogen-bond acceptors (Lipinski definition) is 7. The van der Waals surface area contributed by atoms with Gasteiger partial charge in [-0.3, -0.25) is 4.89 Å². The van der Waals surface area contributed by atoms with Gasteiger partial charge in [0.05, 0.1) is 18.0 Å². The zero-order valence-electron chi connectivity index (χ0n) is 15.7. The van der Waals surface area contributed by atoms with Crippen molar-refractivity contribution in [2.45, 2.75) is 12.5 Å². The first kappa shape index (κ1) is 20.4. The maximum absolute atomic E-state index is 12.3. The summed E-state index contributed by atoms with van der Waals surface area (Å²) in [5.74, 6) is 2.83. The molecular weight excluding hydrogens is 384 g/mol. The van der Waals surface area contributed by atoms with Crippen LogP contribution in [0.25, 0.3) is 11.4 Å². The molecule has 3 rings (SSSR count). The molecule has 0 saturated carbocycles. The SMILES string of the molecule is C#COOc1cnc(-c2ccc(C(=O)Oc3ccc(CC(O)C#C)cc3)cc2)nc1. The van der Waals surface area contributed by atoms with Gasteiger partial charge in [-0.2, -0.15) is 0 Å². The lowest BCUT2D eigenvalue weighted by Crippen LogP contribution is -2.09. The molecule has 1 atom stereocenters. The third-order valence-electron chi connectivity index (χ3n) is 3.95. The van der Waals surface area contributed by atoms with E-state index in [9.17, 15) is 9.90 Å². The van der Waals surface area contributed by atoms with Gasteiger partial charge in [-0.05, 0) is 29.8 Å². The smallest absolute Gasteiger partial charge is 0.343 e. The molecule has 1 heterocycles. The second kappa shape index (κ2) is 9.74. The molecule has 0 bridgehead atoms. The fourth-order valence-corrected chi connectivity index (χ4v) is 2.48. The highest BCUT2D eigenvalue weighted by Gasteiger charge is 2.11. The van der Waals surface area contributed by atoms with Gasteiger partial charge < -0.3 is 9.84 Å². The number of esters is 1. The third-order valence-corrected chi connectivity index (χ3v) is 3.95. The Hall–Kier alpha value is -4.33. The van der Waals surface area contributed by atoms with E-state index < -0.39 is 12.1 Å². The molecule has 148 valence electrons. The molecule has 0 saturated heterocycles. The molecule has 0 radical (unpaired) electrons. The van der Waals surface area contributed by atoms with E-state index in [2.05, 4.69) is 20.8 Å². The van der Waals surface area contributed by atoms with Gasteiger partial charge in [0.15, 0.2) is 11.9 Å². The van der Waals surface area contributed by atoms with Crippen LogP contribution in [-0.4, -0.2) is 27.1 Å². The molecule has 7 heteroatoms. The Morgan fingerprint density at radius 2 is 1.67 bits per heavy atom. The van der Waals surface area contributed by atoms with Gasteiger partial charge in [0, 0.05) is 12.0 Å². The normalized spacial score (nSPS) is 10.9. The van der Waals surface area contributed by atoms with Crippen LogP contribution in [0, 0.1) is 24.9 Å². The van der Waals surface area contributed by atoms with Crippen LogP contribution in [0.3, 0.4) is 0 Å². The molecule has 1 aromatic heterocycles. The lowest BCUT2D eigenvalue weighted by atomic mass is 10.1. The van der Waals surface area contributed by atoms with Crippen LogP contribution in [0.2, 0.25) is 0 Å². The summed E-state index contributed by atoms with van der Waals surface area (Å²) in [6.07, 6.45) is 14.3. The van der Waals surface area contributed by atoms with E-state index in [1.807, 2.05) is 6.11 Å². The second-order valence-electron chi connectivity index (χ2n) is 6.02. The van der Waals surface area contributed by atoms with E-state index in [-0.39, 0.29) is 5.75 Å². The van der Waals surface area contributed by atoms with Crippen LogP contribution >= 0.6 is 0 Å². The summed E-state index contributed by atoms with van der Waals surface area (Å²) in [5.41, 5.74) is 1.91. The first-order valence-electron chi connectivity index (χ1n) is 8.76. The largest absolute Gasteiger partial charge is 0.423 e. The zero-order chi connectivity index (χ0) is 21.3. The van der Waals surface area contributed by atoms with Crippen molar-refractivity contribution in [1.82, 2.24) is 9.97 Å². The van der Waals surface area contributed by atoms with Gasteiger partial charge in [0.1, 0.15) is 11.9 Å². The summed E-state index contributed by atoms with van der Waals surface area (Å²) in [6, 6.07) is 13.4. The predicted molar refractivity (Wildman–Crippen MR) is 108 cm³/mol. The van der Waals surface area contributed by atoms with Crippen molar-refractivity contribution in [3.63, 3.8) is 0 Å². The van der Waals surface area contributed by atoms with E-state index in [0.717, 1.165) is 5.56 Å². The Morgan fingerprint density at radius 1 is 1.00 bits per heavy atom. The average molecular weight is 400 g/mol. The number of rotatable bonds is 7. The molecule has 7 nitrogen and oxygen atoms in total. The van der Waals surface area contributed by atoms with Crippen molar-refractivity contribution in [2.75, 3.05) is 0 Å². The van der Waals surface area contributed by atoms with Crippen molar-refractivity contribution in [3.05, 3.63) is 72.1 Å². The summed E-state index contributed by atoms with van der Waals surface area (Å²) < 4.78 is 5.37. The highest BCUT2D eigenvalue weighted by molar-refractivity contribution is 5.91. The molecule has 0 amide bonds. The summed E-state index contributed by atoms with van der Waals surface area (Å²) in [4.78, 5) is 29.7. The maximum atomic E-state index is 12.3. The summed E-state index contributed by atoms with van der Waals surface area (Å²) in [6.45, 7) is 0. The van der Waals surface area contributed by atoms with Crippen LogP contribution in [0.1, 0.15) is 15.9 Å². The standard InChI is InChI=1S/C23H16N2O5/c1-3-19(26)13-16-5-11-20(12-6-16)29-23(27)18-9-7-17(8-10-18)22-24-14-21(15-25-22)30-28-4-2/h1-2,5-12,14-15,19,26H,13H2. The molecule has 2 aromatic carbocycles. The summed E-state index contributed by atoms with van der Waals surface area (Å²) in [5, 5.41) is 9.48. The van der Waals surface area contributed by atoms with E-state index in [0.29, 0.717) is 29.1 Å². The Balaban J connectivity index is 1.62. The average Bonchev–Trinajstić information content (AvgIpc) is 2.79. The van der Waals surface area contributed by atoms with Gasteiger partial charge in [0.25, 0.3) is 0 Å². The Bertz CT molecular complexity index is 1080. The Kier molecular flexibility index (Phi) is 6.63. The van der Waals surface area contributed by atoms with Crippen molar-refractivity contribution < 1.29 is 24.4 Å². The van der Waals surface area contributed by atoms with Crippen LogP contribution < -0.4 is 9.62 Å². The molecule has 3 aromatic rings. The fraction of sp³-hybridized carbons (Fsp3) is 0.0870. The lowest BCUT2D eigenvalue weighted by Gasteiger charge is -2.07. The summed E-state index contributed by atoms with van der Waals surface area (Å²) >= 11 is 0. The van der Waals surface area contributed by atoms with E-state index in [4.69, 9.17) is 22.5 Å². The molecule has 30 heavy (non-hydrogen) atoms. The monoisotopic (exact) mass is 400 g/mol. The molecule has 0 aliphatic heterocycles. The number of carbonyl (C=O) groups is 1. The van der Waals surface area contributed by atoms with Gasteiger partial charge >= 0.3 is 5.97 Å². The third kappa shape index (κ3) is 5.35. The first-order valence-corrected chi connectivity index (χ1v) is 8.76. The maximum Gasteiger partial charge on any atom is 0.343 e. The van der Waals surface area contributed by atoms with Crippen LogP contribution in [0.15, 0.2) is 60.9 Å². The number of carbonyl (C=O) groups excluding carboxylic acids is 1. The minimum atomic E-state index is -0.846. The highest BCUT2D eigenvalue weighted by atomic mass is 17.2. The number of hydrogen-bond donors (Lipinski definition) is 1. The van der Waals surface area contributed by atoms with Crippen LogP contribution in [0.4, 0.5) is 0 Å². The zero-order valence-corrected chi connectivity index (χ0v) is 15.7. The lowest BCUT2D eigenvalue weighted by molar-refractivity contribution is -0.134. The van der Waals surface area contributed by atoms with Gasteiger partial charge in [-0.1, -0.05) is 36.6 Å². The predicted octanol–water partition coefficient (Wildman–Crippen LogP) is 2.80. The van der Waals surface area contributed by atoms with E-state index >= 15 is 0 Å². The molecule has 1 N–H and O–H groups in total. The van der Waals surface area contributed by atoms with Crippen molar-refractivity contribution in [2.24, 2.45) is 0 Å². The highest BCUT2D eigenvalue weighted by Crippen LogP contribution is 2.19. The molecule has 0 fully saturated rings. The number of nitrogens with zero attached hydrogens (tertiary/aromatic N) is 2. The molecule has 0 aliphatic rings. The number of aromatic nitrogens is 2. The quantitative estimate of drug-likeness (QED) is 0.214. The Morgan fingerprint density at radius 3 is 2.27 bits per heavy atom. The molecular formula is C23H16N2O5. The molecule has 0 aliphatic carbocycles. The second-order valence-corrected chi connectivity index (χ2v) is 6.02. The number of aliphatic hydroxyl groups is 1. The summed E-state index contributed by atoms with van der Waals surface area (Å²) in [7, 11) is 0. The molecule has 0 spiro atoms. The topological polar surface area (TPSA) is 90.8 Å². The van der Waals surface area contributed by atoms with E-state index in [1.54, 1.807) is 48.5 Å². The minimum Gasteiger partial charge on any atom is -0.423 e. The van der Waals surface area contributed by atoms with Gasteiger partial charge in [-0.25, -0.2) is 19.7 Å². The number of terminal acetylenes is 2. The van der Waals surface area contributed by atoms with Crippen LogP contribution in [0.5, 0.6) is 11.5 Å².